The Labute approximate surface area is 184 Å². The topological polar surface area (TPSA) is 100 Å². The molecule has 0 spiro atoms. The number of carbonyl (C=O) groups excluding carboxylic acids is 1. The molecule has 1 aromatic carbocycles. The largest absolute Gasteiger partial charge is 0.324 e. The van der Waals surface area contributed by atoms with Gasteiger partial charge in [0.05, 0.1) is 16.3 Å². The average molecular weight is 497 g/mol. The van der Waals surface area contributed by atoms with E-state index in [-0.39, 0.29) is 17.3 Å². The van der Waals surface area contributed by atoms with Crippen LogP contribution in [0, 0.1) is 5.92 Å². The summed E-state index contributed by atoms with van der Waals surface area (Å²) in [5.74, 6) is 0.0606. The number of nitrogens with one attached hydrogen (secondary N) is 1. The minimum Gasteiger partial charge on any atom is -0.324 e. The van der Waals surface area contributed by atoms with Crippen LogP contribution in [0.15, 0.2) is 27.6 Å². The van der Waals surface area contributed by atoms with Crippen LogP contribution in [0.3, 0.4) is 0 Å². The lowest BCUT2D eigenvalue weighted by atomic mass is 10.1. The number of carbonyl (C=O) groups is 1. The summed E-state index contributed by atoms with van der Waals surface area (Å²) >= 11 is 3.34. The van der Waals surface area contributed by atoms with Gasteiger partial charge < -0.3 is 10.2 Å². The number of hydrogen-bond donors (Lipinski definition) is 1. The normalized spacial score (nSPS) is 20.3. The Morgan fingerprint density at radius 3 is 2.87 bits per heavy atom. The molecular formula is C19H25BrN6O3S. The molecule has 2 aromatic rings. The van der Waals surface area contributed by atoms with Crippen molar-refractivity contribution in [3.63, 3.8) is 0 Å². The van der Waals surface area contributed by atoms with Gasteiger partial charge in [-0.1, -0.05) is 12.1 Å². The summed E-state index contributed by atoms with van der Waals surface area (Å²) in [5, 5.41) is 11.1. The summed E-state index contributed by atoms with van der Waals surface area (Å²) in [6.45, 7) is 4.71. The van der Waals surface area contributed by atoms with Crippen molar-refractivity contribution in [2.24, 2.45) is 5.92 Å². The predicted molar refractivity (Wildman–Crippen MR) is 115 cm³/mol. The highest BCUT2D eigenvalue weighted by molar-refractivity contribution is 9.10. The van der Waals surface area contributed by atoms with Crippen molar-refractivity contribution in [3.8, 4) is 0 Å². The molecule has 162 valence electrons. The van der Waals surface area contributed by atoms with E-state index in [4.69, 9.17) is 0 Å². The Hall–Kier alpha value is -1.82. The Kier molecular flexibility index (Phi) is 5.97. The number of likely N-dealkylation sites (N-methyl/N-ethyl adjacent to an activating group) is 1. The minimum absolute atomic E-state index is 0.0258. The Bertz CT molecular complexity index is 1070. The summed E-state index contributed by atoms with van der Waals surface area (Å²) < 4.78 is 29.7. The van der Waals surface area contributed by atoms with Crippen molar-refractivity contribution >= 4 is 37.5 Å². The van der Waals surface area contributed by atoms with Crippen LogP contribution < -0.4 is 5.32 Å². The summed E-state index contributed by atoms with van der Waals surface area (Å²) in [7, 11) is -1.61. The van der Waals surface area contributed by atoms with Gasteiger partial charge in [0.15, 0.2) is 0 Å². The van der Waals surface area contributed by atoms with E-state index >= 15 is 0 Å². The highest BCUT2D eigenvalue weighted by Gasteiger charge is 2.32. The van der Waals surface area contributed by atoms with Crippen LogP contribution in [0.4, 0.5) is 5.69 Å². The van der Waals surface area contributed by atoms with Crippen molar-refractivity contribution in [1.29, 1.82) is 0 Å². The maximum absolute atomic E-state index is 13.0. The second-order valence-electron chi connectivity index (χ2n) is 8.08. The van der Waals surface area contributed by atoms with Gasteiger partial charge in [-0.15, -0.1) is 5.10 Å². The quantitative estimate of drug-likeness (QED) is 0.675. The zero-order valence-corrected chi connectivity index (χ0v) is 19.4. The van der Waals surface area contributed by atoms with E-state index < -0.39 is 10.0 Å². The molecule has 30 heavy (non-hydrogen) atoms. The molecule has 3 heterocycles. The van der Waals surface area contributed by atoms with Gasteiger partial charge in [0, 0.05) is 42.8 Å². The van der Waals surface area contributed by atoms with Gasteiger partial charge in [0.25, 0.3) is 0 Å². The lowest BCUT2D eigenvalue weighted by Gasteiger charge is -2.22. The van der Waals surface area contributed by atoms with Gasteiger partial charge in [-0.05, 0) is 53.5 Å². The highest BCUT2D eigenvalue weighted by Crippen LogP contribution is 2.31. The first kappa shape index (κ1) is 21.4. The standard InChI is InChI=1S/C19H25BrN6O3S/c1-13-5-8-25(10-13)30(28,29)18-9-14(3-4-15(18)20)21-19(27)12-26-17-11-24(2)7-6-16(17)22-23-26/h3-4,9,13H,5-8,10-12H2,1-2H3,(H,21,27)/t13-/m0/s1. The molecule has 4 rings (SSSR count). The fraction of sp³-hybridized carbons (Fsp3) is 0.526. The van der Waals surface area contributed by atoms with Crippen LogP contribution in [0.5, 0.6) is 0 Å². The molecule has 11 heteroatoms. The number of aromatic nitrogens is 3. The monoisotopic (exact) mass is 496 g/mol. The number of rotatable bonds is 5. The summed E-state index contributed by atoms with van der Waals surface area (Å²) in [5.41, 5.74) is 2.30. The van der Waals surface area contributed by atoms with Crippen LogP contribution in [-0.4, -0.2) is 65.2 Å². The number of amides is 1. The number of anilines is 1. The number of halogens is 1. The van der Waals surface area contributed by atoms with Crippen molar-refractivity contribution in [1.82, 2.24) is 24.2 Å². The van der Waals surface area contributed by atoms with Crippen molar-refractivity contribution in [2.45, 2.75) is 37.8 Å². The third-order valence-electron chi connectivity index (χ3n) is 5.58. The molecule has 1 fully saturated rings. The van der Waals surface area contributed by atoms with Gasteiger partial charge in [-0.3, -0.25) is 4.79 Å². The number of fused-ring (bicyclic) bond motifs is 1. The van der Waals surface area contributed by atoms with Crippen molar-refractivity contribution in [2.75, 3.05) is 32.0 Å². The van der Waals surface area contributed by atoms with Crippen LogP contribution in [0.1, 0.15) is 24.7 Å². The summed E-state index contributed by atoms with van der Waals surface area (Å²) in [6.07, 6.45) is 1.67. The zero-order chi connectivity index (χ0) is 21.5. The minimum atomic E-state index is -3.63. The maximum Gasteiger partial charge on any atom is 0.246 e. The molecular weight excluding hydrogens is 472 g/mol. The molecule has 2 aliphatic rings. The fourth-order valence-electron chi connectivity index (χ4n) is 3.86. The van der Waals surface area contributed by atoms with E-state index in [9.17, 15) is 13.2 Å². The Morgan fingerprint density at radius 2 is 2.13 bits per heavy atom. The molecule has 1 aromatic heterocycles. The molecule has 0 bridgehead atoms. The molecule has 9 nitrogen and oxygen atoms in total. The van der Waals surface area contributed by atoms with E-state index in [1.54, 1.807) is 16.8 Å². The lowest BCUT2D eigenvalue weighted by molar-refractivity contribution is -0.117. The molecule has 1 atom stereocenters. The smallest absolute Gasteiger partial charge is 0.246 e. The SMILES string of the molecule is C[C@H]1CCN(S(=O)(=O)c2cc(NC(=O)Cn3nnc4c3CN(C)CC4)ccc2Br)C1. The molecule has 1 saturated heterocycles. The maximum atomic E-state index is 13.0. The molecule has 0 unspecified atom stereocenters. The third-order valence-corrected chi connectivity index (χ3v) is 8.44. The number of sulfonamides is 1. The molecule has 2 aliphatic heterocycles. The summed E-state index contributed by atoms with van der Waals surface area (Å²) in [6, 6.07) is 4.83. The first-order valence-electron chi connectivity index (χ1n) is 9.93. The number of benzene rings is 1. The van der Waals surface area contributed by atoms with Crippen LogP contribution in [0.2, 0.25) is 0 Å². The summed E-state index contributed by atoms with van der Waals surface area (Å²) in [4.78, 5) is 14.9. The van der Waals surface area contributed by atoms with E-state index in [1.807, 2.05) is 14.0 Å². The first-order valence-corrected chi connectivity index (χ1v) is 12.2. The first-order chi connectivity index (χ1) is 14.2. The van der Waals surface area contributed by atoms with Gasteiger partial charge in [-0.2, -0.15) is 4.31 Å². The van der Waals surface area contributed by atoms with Gasteiger partial charge >= 0.3 is 0 Å². The molecule has 0 aliphatic carbocycles. The molecule has 0 radical (unpaired) electrons. The van der Waals surface area contributed by atoms with E-state index in [0.29, 0.717) is 35.7 Å². The third kappa shape index (κ3) is 4.29. The van der Waals surface area contributed by atoms with Crippen LogP contribution >= 0.6 is 15.9 Å². The Balaban J connectivity index is 1.50. The second kappa shape index (κ2) is 8.37. The van der Waals surface area contributed by atoms with Gasteiger partial charge in [-0.25, -0.2) is 13.1 Å². The highest BCUT2D eigenvalue weighted by atomic mass is 79.9. The fourth-order valence-corrected chi connectivity index (χ4v) is 6.39. The van der Waals surface area contributed by atoms with E-state index in [2.05, 4.69) is 36.5 Å². The Morgan fingerprint density at radius 1 is 1.33 bits per heavy atom. The van der Waals surface area contributed by atoms with E-state index in [0.717, 1.165) is 30.8 Å². The number of nitrogens with zero attached hydrogens (tertiary/aromatic N) is 5. The van der Waals surface area contributed by atoms with Crippen molar-refractivity contribution < 1.29 is 13.2 Å². The van der Waals surface area contributed by atoms with Crippen LogP contribution in [0.25, 0.3) is 0 Å². The van der Waals surface area contributed by atoms with Crippen LogP contribution in [-0.2, 0) is 34.3 Å². The number of hydrogen-bond acceptors (Lipinski definition) is 6. The molecule has 1 N–H and O–H groups in total. The lowest BCUT2D eigenvalue weighted by Crippen LogP contribution is -2.30. The van der Waals surface area contributed by atoms with Gasteiger partial charge in [0.1, 0.15) is 6.54 Å². The predicted octanol–water partition coefficient (Wildman–Crippen LogP) is 1.70. The average Bonchev–Trinajstić information content (AvgIpc) is 3.30. The van der Waals surface area contributed by atoms with E-state index in [1.165, 1.54) is 10.4 Å². The van der Waals surface area contributed by atoms with Crippen molar-refractivity contribution in [3.05, 3.63) is 34.1 Å². The molecule has 1 amide bonds. The molecule has 0 saturated carbocycles. The zero-order valence-electron chi connectivity index (χ0n) is 17.0. The van der Waals surface area contributed by atoms with Gasteiger partial charge in [0.2, 0.25) is 15.9 Å². The second-order valence-corrected chi connectivity index (χ2v) is 10.8.